The predicted molar refractivity (Wildman–Crippen MR) is 85.9 cm³/mol. The molecule has 0 bridgehead atoms. The topological polar surface area (TPSA) is 75.7 Å². The summed E-state index contributed by atoms with van der Waals surface area (Å²) in [5, 5.41) is 3.06. The number of anilines is 1. The summed E-state index contributed by atoms with van der Waals surface area (Å²) in [5.41, 5.74) is 0.823. The number of rotatable bonds is 6. The van der Waals surface area contributed by atoms with Crippen molar-refractivity contribution in [3.05, 3.63) is 24.3 Å². The Balaban J connectivity index is 1.92. The molecule has 1 N–H and O–H groups in total. The summed E-state index contributed by atoms with van der Waals surface area (Å²) in [6, 6.07) is 7.10. The molecule has 7 heteroatoms. The molecule has 1 atom stereocenters. The predicted octanol–water partition coefficient (Wildman–Crippen LogP) is 1.14. The number of nitrogens with one attached hydrogen (secondary N) is 1. The van der Waals surface area contributed by atoms with E-state index in [0.717, 1.165) is 11.4 Å². The molecule has 1 unspecified atom stereocenters. The molecule has 22 heavy (non-hydrogen) atoms. The van der Waals surface area contributed by atoms with Gasteiger partial charge in [0, 0.05) is 18.3 Å². The van der Waals surface area contributed by atoms with E-state index < -0.39 is 9.84 Å². The standard InChI is InChI=1S/C15H22N2O4S/c1-3-17(13-8-9-22(19,20)11-13)15(18)10-16-12-4-6-14(21-2)7-5-12/h4-7,13,16H,3,8-11H2,1-2H3. The SMILES string of the molecule is CCN(C(=O)CNc1ccc(OC)cc1)C1CCS(=O)(=O)C1. The first kappa shape index (κ1) is 16.6. The van der Waals surface area contributed by atoms with Crippen molar-refractivity contribution in [1.82, 2.24) is 4.90 Å². The molecule has 1 saturated heterocycles. The first-order chi connectivity index (χ1) is 10.4. The minimum atomic E-state index is -2.99. The zero-order chi connectivity index (χ0) is 16.2. The monoisotopic (exact) mass is 326 g/mol. The Morgan fingerprint density at radius 3 is 2.55 bits per heavy atom. The van der Waals surface area contributed by atoms with Crippen LogP contribution < -0.4 is 10.1 Å². The van der Waals surface area contributed by atoms with Gasteiger partial charge in [-0.3, -0.25) is 4.79 Å². The van der Waals surface area contributed by atoms with Crippen LogP contribution in [0.25, 0.3) is 0 Å². The lowest BCUT2D eigenvalue weighted by Crippen LogP contribution is -2.43. The van der Waals surface area contributed by atoms with Crippen molar-refractivity contribution in [3.63, 3.8) is 0 Å². The van der Waals surface area contributed by atoms with Crippen LogP contribution in [0.15, 0.2) is 24.3 Å². The number of hydrogen-bond acceptors (Lipinski definition) is 5. The highest BCUT2D eigenvalue weighted by atomic mass is 32.2. The van der Waals surface area contributed by atoms with Gasteiger partial charge in [-0.25, -0.2) is 8.42 Å². The Hall–Kier alpha value is -1.76. The number of carbonyl (C=O) groups excluding carboxylic acids is 1. The maximum absolute atomic E-state index is 12.3. The molecule has 0 aliphatic carbocycles. The largest absolute Gasteiger partial charge is 0.497 e. The molecule has 0 aromatic heterocycles. The van der Waals surface area contributed by atoms with Crippen molar-refractivity contribution in [2.45, 2.75) is 19.4 Å². The van der Waals surface area contributed by atoms with Gasteiger partial charge in [-0.05, 0) is 37.6 Å². The summed E-state index contributed by atoms with van der Waals surface area (Å²) >= 11 is 0. The van der Waals surface area contributed by atoms with Gasteiger partial charge in [0.1, 0.15) is 5.75 Å². The van der Waals surface area contributed by atoms with E-state index in [2.05, 4.69) is 5.32 Å². The highest BCUT2D eigenvalue weighted by Crippen LogP contribution is 2.18. The van der Waals surface area contributed by atoms with Gasteiger partial charge in [-0.1, -0.05) is 0 Å². The molecular formula is C15H22N2O4S. The summed E-state index contributed by atoms with van der Waals surface area (Å²) in [6.45, 7) is 2.54. The van der Waals surface area contributed by atoms with E-state index in [1.165, 1.54) is 0 Å². The van der Waals surface area contributed by atoms with Crippen molar-refractivity contribution in [2.75, 3.05) is 37.0 Å². The molecule has 6 nitrogen and oxygen atoms in total. The fraction of sp³-hybridized carbons (Fsp3) is 0.533. The van der Waals surface area contributed by atoms with Crippen LogP contribution in [0.4, 0.5) is 5.69 Å². The third-order valence-electron chi connectivity index (χ3n) is 3.84. The number of hydrogen-bond donors (Lipinski definition) is 1. The number of ether oxygens (including phenoxy) is 1. The van der Waals surface area contributed by atoms with Crippen LogP contribution in [0.5, 0.6) is 5.75 Å². The highest BCUT2D eigenvalue weighted by molar-refractivity contribution is 7.91. The summed E-state index contributed by atoms with van der Waals surface area (Å²) < 4.78 is 28.2. The zero-order valence-electron chi connectivity index (χ0n) is 12.9. The molecule has 122 valence electrons. The quantitative estimate of drug-likeness (QED) is 0.848. The molecule has 1 aliphatic heterocycles. The molecule has 0 saturated carbocycles. The van der Waals surface area contributed by atoms with Crippen molar-refractivity contribution in [2.24, 2.45) is 0 Å². The van der Waals surface area contributed by atoms with Crippen LogP contribution in [-0.2, 0) is 14.6 Å². The van der Waals surface area contributed by atoms with Gasteiger partial charge in [-0.15, -0.1) is 0 Å². The zero-order valence-corrected chi connectivity index (χ0v) is 13.7. The van der Waals surface area contributed by atoms with E-state index in [-0.39, 0.29) is 30.0 Å². The van der Waals surface area contributed by atoms with Gasteiger partial charge < -0.3 is 15.0 Å². The molecule has 0 spiro atoms. The number of benzene rings is 1. The third kappa shape index (κ3) is 4.13. The second-order valence-corrected chi connectivity index (χ2v) is 7.55. The minimum absolute atomic E-state index is 0.0785. The van der Waals surface area contributed by atoms with E-state index in [1.807, 2.05) is 31.2 Å². The Labute approximate surface area is 131 Å². The maximum atomic E-state index is 12.3. The first-order valence-corrected chi connectivity index (χ1v) is 9.15. The molecule has 1 aliphatic rings. The maximum Gasteiger partial charge on any atom is 0.242 e. The van der Waals surface area contributed by atoms with Crippen LogP contribution in [0, 0.1) is 0 Å². The van der Waals surface area contributed by atoms with Crippen molar-refractivity contribution in [1.29, 1.82) is 0 Å². The van der Waals surface area contributed by atoms with Gasteiger partial charge in [0.15, 0.2) is 9.84 Å². The number of methoxy groups -OCH3 is 1. The third-order valence-corrected chi connectivity index (χ3v) is 5.59. The van der Waals surface area contributed by atoms with E-state index in [1.54, 1.807) is 12.0 Å². The van der Waals surface area contributed by atoms with Crippen LogP contribution in [0.3, 0.4) is 0 Å². The summed E-state index contributed by atoms with van der Waals surface area (Å²) in [7, 11) is -1.39. The van der Waals surface area contributed by atoms with Gasteiger partial charge in [0.2, 0.25) is 5.91 Å². The summed E-state index contributed by atoms with van der Waals surface area (Å²) in [6.07, 6.45) is 0.532. The van der Waals surface area contributed by atoms with E-state index in [4.69, 9.17) is 4.74 Å². The molecule has 1 aromatic rings. The molecule has 1 heterocycles. The number of nitrogens with zero attached hydrogens (tertiary/aromatic N) is 1. The highest BCUT2D eigenvalue weighted by Gasteiger charge is 2.33. The number of likely N-dealkylation sites (N-methyl/N-ethyl adjacent to an activating group) is 1. The van der Waals surface area contributed by atoms with Crippen LogP contribution >= 0.6 is 0 Å². The number of amides is 1. The van der Waals surface area contributed by atoms with Gasteiger partial charge >= 0.3 is 0 Å². The van der Waals surface area contributed by atoms with Crippen LogP contribution in [0.1, 0.15) is 13.3 Å². The second kappa shape index (κ2) is 7.00. The van der Waals surface area contributed by atoms with Crippen molar-refractivity contribution >= 4 is 21.4 Å². The molecule has 0 radical (unpaired) electrons. The first-order valence-electron chi connectivity index (χ1n) is 7.33. The molecule has 2 rings (SSSR count). The molecular weight excluding hydrogens is 304 g/mol. The lowest BCUT2D eigenvalue weighted by molar-refractivity contribution is -0.130. The number of sulfone groups is 1. The number of carbonyl (C=O) groups is 1. The average molecular weight is 326 g/mol. The van der Waals surface area contributed by atoms with Crippen LogP contribution in [-0.4, -0.2) is 57.0 Å². The smallest absolute Gasteiger partial charge is 0.242 e. The van der Waals surface area contributed by atoms with Crippen LogP contribution in [0.2, 0.25) is 0 Å². The van der Waals surface area contributed by atoms with Crippen molar-refractivity contribution < 1.29 is 17.9 Å². The normalized spacial score (nSPS) is 19.6. The van der Waals surface area contributed by atoms with Gasteiger partial charge in [0.05, 0.1) is 25.2 Å². The summed E-state index contributed by atoms with van der Waals surface area (Å²) in [5.74, 6) is 0.922. The van der Waals surface area contributed by atoms with E-state index in [9.17, 15) is 13.2 Å². The molecule has 1 fully saturated rings. The Bertz CT molecular complexity index is 613. The summed E-state index contributed by atoms with van der Waals surface area (Å²) in [4.78, 5) is 14.0. The second-order valence-electron chi connectivity index (χ2n) is 5.32. The Morgan fingerprint density at radius 2 is 2.05 bits per heavy atom. The fourth-order valence-corrected chi connectivity index (χ4v) is 4.38. The van der Waals surface area contributed by atoms with Gasteiger partial charge in [-0.2, -0.15) is 0 Å². The molecule has 1 amide bonds. The minimum Gasteiger partial charge on any atom is -0.497 e. The molecule has 1 aromatic carbocycles. The van der Waals surface area contributed by atoms with Gasteiger partial charge in [0.25, 0.3) is 0 Å². The Kier molecular flexibility index (Phi) is 5.28. The fourth-order valence-electron chi connectivity index (χ4n) is 2.65. The average Bonchev–Trinajstić information content (AvgIpc) is 2.86. The van der Waals surface area contributed by atoms with Crippen molar-refractivity contribution in [3.8, 4) is 5.75 Å². The Morgan fingerprint density at radius 1 is 1.36 bits per heavy atom. The van der Waals surface area contributed by atoms with E-state index in [0.29, 0.717) is 13.0 Å². The lowest BCUT2D eigenvalue weighted by atomic mass is 10.2. The van der Waals surface area contributed by atoms with E-state index >= 15 is 0 Å². The lowest BCUT2D eigenvalue weighted by Gasteiger charge is -2.27.